The van der Waals surface area contributed by atoms with Gasteiger partial charge in [0.05, 0.1) is 13.7 Å². The van der Waals surface area contributed by atoms with Crippen LogP contribution >= 0.6 is 0 Å². The van der Waals surface area contributed by atoms with Gasteiger partial charge in [0.2, 0.25) is 0 Å². The van der Waals surface area contributed by atoms with E-state index in [2.05, 4.69) is 11.4 Å². The van der Waals surface area contributed by atoms with Crippen LogP contribution in [0.2, 0.25) is 0 Å². The molecule has 0 aliphatic carbocycles. The van der Waals surface area contributed by atoms with Crippen LogP contribution in [0.5, 0.6) is 5.75 Å². The summed E-state index contributed by atoms with van der Waals surface area (Å²) in [5.74, 6) is 0.901. The molecule has 1 aromatic heterocycles. The SMILES string of the molecule is COCc1c(C(=O)NCCc2cc(C)ccc2OC)oc2ccccc12. The Hall–Kier alpha value is -2.79. The summed E-state index contributed by atoms with van der Waals surface area (Å²) in [6, 6.07) is 13.6. The molecule has 0 fully saturated rings. The van der Waals surface area contributed by atoms with Crippen LogP contribution in [0.25, 0.3) is 11.0 Å². The lowest BCUT2D eigenvalue weighted by Crippen LogP contribution is -2.26. The Morgan fingerprint density at radius 1 is 1.15 bits per heavy atom. The zero-order chi connectivity index (χ0) is 18.5. The summed E-state index contributed by atoms with van der Waals surface area (Å²) in [5, 5.41) is 3.84. The molecule has 0 atom stereocenters. The summed E-state index contributed by atoms with van der Waals surface area (Å²) in [4.78, 5) is 12.6. The fourth-order valence-electron chi connectivity index (χ4n) is 3.06. The first-order chi connectivity index (χ1) is 12.6. The second kappa shape index (κ2) is 8.06. The third kappa shape index (κ3) is 3.73. The smallest absolute Gasteiger partial charge is 0.287 e. The first-order valence-electron chi connectivity index (χ1n) is 8.55. The Balaban J connectivity index is 1.74. The van der Waals surface area contributed by atoms with Gasteiger partial charge in [-0.15, -0.1) is 0 Å². The van der Waals surface area contributed by atoms with Crippen LogP contribution in [-0.2, 0) is 17.8 Å². The highest BCUT2D eigenvalue weighted by Crippen LogP contribution is 2.26. The van der Waals surface area contributed by atoms with E-state index in [0.29, 0.717) is 30.9 Å². The predicted molar refractivity (Wildman–Crippen MR) is 101 cm³/mol. The third-order valence-electron chi connectivity index (χ3n) is 4.31. The van der Waals surface area contributed by atoms with Gasteiger partial charge in [0.15, 0.2) is 5.76 Å². The van der Waals surface area contributed by atoms with E-state index < -0.39 is 0 Å². The molecule has 5 heteroatoms. The van der Waals surface area contributed by atoms with E-state index in [-0.39, 0.29) is 5.91 Å². The highest BCUT2D eigenvalue weighted by Gasteiger charge is 2.20. The van der Waals surface area contributed by atoms with Crippen LogP contribution in [0.15, 0.2) is 46.9 Å². The van der Waals surface area contributed by atoms with Gasteiger partial charge in [-0.3, -0.25) is 4.79 Å². The topological polar surface area (TPSA) is 60.7 Å². The van der Waals surface area contributed by atoms with Gasteiger partial charge in [-0.1, -0.05) is 35.9 Å². The average Bonchev–Trinajstić information content (AvgIpc) is 3.01. The van der Waals surface area contributed by atoms with E-state index in [1.165, 1.54) is 0 Å². The van der Waals surface area contributed by atoms with Gasteiger partial charge in [0, 0.05) is 24.6 Å². The fraction of sp³-hybridized carbons (Fsp3) is 0.286. The molecule has 0 saturated carbocycles. The second-order valence-electron chi connectivity index (χ2n) is 6.16. The number of carbonyl (C=O) groups excluding carboxylic acids is 1. The zero-order valence-corrected chi connectivity index (χ0v) is 15.3. The number of methoxy groups -OCH3 is 2. The van der Waals surface area contributed by atoms with E-state index in [0.717, 1.165) is 27.8 Å². The van der Waals surface area contributed by atoms with Crippen LogP contribution < -0.4 is 10.1 Å². The first kappa shape index (κ1) is 18.0. The molecule has 1 heterocycles. The van der Waals surface area contributed by atoms with Crippen molar-refractivity contribution in [2.75, 3.05) is 20.8 Å². The number of nitrogens with one attached hydrogen (secondary N) is 1. The maximum atomic E-state index is 12.6. The van der Waals surface area contributed by atoms with Gasteiger partial charge >= 0.3 is 0 Å². The second-order valence-corrected chi connectivity index (χ2v) is 6.16. The summed E-state index contributed by atoms with van der Waals surface area (Å²) >= 11 is 0. The largest absolute Gasteiger partial charge is 0.496 e. The monoisotopic (exact) mass is 353 g/mol. The van der Waals surface area contributed by atoms with Crippen LogP contribution in [0.3, 0.4) is 0 Å². The number of carbonyl (C=O) groups is 1. The Labute approximate surface area is 152 Å². The van der Waals surface area contributed by atoms with Crippen molar-refractivity contribution in [3.63, 3.8) is 0 Å². The number of fused-ring (bicyclic) bond motifs is 1. The van der Waals surface area contributed by atoms with Crippen LogP contribution in [0.4, 0.5) is 0 Å². The molecule has 1 amide bonds. The van der Waals surface area contributed by atoms with Gasteiger partial charge in [0.25, 0.3) is 5.91 Å². The molecule has 26 heavy (non-hydrogen) atoms. The lowest BCUT2D eigenvalue weighted by Gasteiger charge is -2.10. The molecule has 0 unspecified atom stereocenters. The van der Waals surface area contributed by atoms with E-state index >= 15 is 0 Å². The van der Waals surface area contributed by atoms with E-state index in [9.17, 15) is 4.79 Å². The minimum Gasteiger partial charge on any atom is -0.496 e. The maximum absolute atomic E-state index is 12.6. The Morgan fingerprint density at radius 2 is 1.96 bits per heavy atom. The molecule has 0 aliphatic rings. The molecule has 3 rings (SSSR count). The lowest BCUT2D eigenvalue weighted by atomic mass is 10.1. The summed E-state index contributed by atoms with van der Waals surface area (Å²) in [6.07, 6.45) is 0.677. The van der Waals surface area contributed by atoms with Crippen molar-refractivity contribution in [3.05, 3.63) is 64.9 Å². The normalized spacial score (nSPS) is 10.9. The third-order valence-corrected chi connectivity index (χ3v) is 4.31. The number of amides is 1. The molecule has 3 aromatic rings. The summed E-state index contributed by atoms with van der Waals surface area (Å²) in [6.45, 7) is 2.85. The lowest BCUT2D eigenvalue weighted by molar-refractivity contribution is 0.0922. The minimum absolute atomic E-state index is 0.236. The van der Waals surface area contributed by atoms with Gasteiger partial charge in [-0.05, 0) is 31.0 Å². The number of ether oxygens (including phenoxy) is 2. The highest BCUT2D eigenvalue weighted by atomic mass is 16.5. The van der Waals surface area contributed by atoms with Crippen molar-refractivity contribution in [3.8, 4) is 5.75 Å². The molecule has 0 radical (unpaired) electrons. The molecular formula is C21H23NO4. The number of furan rings is 1. The Morgan fingerprint density at radius 3 is 2.73 bits per heavy atom. The van der Waals surface area contributed by atoms with Gasteiger partial charge in [0.1, 0.15) is 11.3 Å². The average molecular weight is 353 g/mol. The molecule has 0 bridgehead atoms. The minimum atomic E-state index is -0.236. The number of hydrogen-bond acceptors (Lipinski definition) is 4. The number of rotatable bonds is 7. The highest BCUT2D eigenvalue weighted by molar-refractivity contribution is 5.99. The van der Waals surface area contributed by atoms with E-state index in [4.69, 9.17) is 13.9 Å². The van der Waals surface area contributed by atoms with Crippen LogP contribution in [-0.4, -0.2) is 26.7 Å². The fourth-order valence-corrected chi connectivity index (χ4v) is 3.06. The number of benzene rings is 2. The van der Waals surface area contributed by atoms with Crippen molar-refractivity contribution >= 4 is 16.9 Å². The van der Waals surface area contributed by atoms with Gasteiger partial charge in [-0.25, -0.2) is 0 Å². The maximum Gasteiger partial charge on any atom is 0.287 e. The summed E-state index contributed by atoms with van der Waals surface area (Å²) < 4.78 is 16.4. The molecule has 2 aromatic carbocycles. The predicted octanol–water partition coefficient (Wildman–Crippen LogP) is 3.87. The number of aryl methyl sites for hydroxylation is 1. The molecule has 0 aliphatic heterocycles. The van der Waals surface area contributed by atoms with Crippen molar-refractivity contribution in [1.29, 1.82) is 0 Å². The van der Waals surface area contributed by atoms with Crippen molar-refractivity contribution in [2.45, 2.75) is 20.0 Å². The summed E-state index contributed by atoms with van der Waals surface area (Å²) in [7, 11) is 3.26. The summed E-state index contributed by atoms with van der Waals surface area (Å²) in [5.41, 5.74) is 3.68. The standard InChI is InChI=1S/C21H23NO4/c1-14-8-9-18(25-3)15(12-14)10-11-22-21(23)20-17(13-24-2)16-6-4-5-7-19(16)26-20/h4-9,12H,10-11,13H2,1-3H3,(H,22,23). The molecule has 0 spiro atoms. The Bertz CT molecular complexity index is 914. The van der Waals surface area contributed by atoms with Crippen molar-refractivity contribution in [1.82, 2.24) is 5.32 Å². The van der Waals surface area contributed by atoms with Crippen LogP contribution in [0, 0.1) is 6.92 Å². The number of hydrogen-bond donors (Lipinski definition) is 1. The molecule has 0 saturated heterocycles. The van der Waals surface area contributed by atoms with Crippen molar-refractivity contribution in [2.24, 2.45) is 0 Å². The van der Waals surface area contributed by atoms with Gasteiger partial charge in [-0.2, -0.15) is 0 Å². The zero-order valence-electron chi connectivity index (χ0n) is 15.3. The molecular weight excluding hydrogens is 330 g/mol. The number of para-hydroxylation sites is 1. The van der Waals surface area contributed by atoms with Crippen LogP contribution in [0.1, 0.15) is 27.2 Å². The molecule has 136 valence electrons. The molecule has 1 N–H and O–H groups in total. The van der Waals surface area contributed by atoms with E-state index in [1.807, 2.05) is 43.3 Å². The van der Waals surface area contributed by atoms with Gasteiger partial charge < -0.3 is 19.2 Å². The molecule has 5 nitrogen and oxygen atoms in total. The first-order valence-corrected chi connectivity index (χ1v) is 8.55. The quantitative estimate of drug-likeness (QED) is 0.700. The Kier molecular flexibility index (Phi) is 5.58. The van der Waals surface area contributed by atoms with E-state index in [1.54, 1.807) is 14.2 Å². The van der Waals surface area contributed by atoms with Crippen molar-refractivity contribution < 1.29 is 18.7 Å².